The number of hydrogen-bond donors (Lipinski definition) is 0. The second-order valence-electron chi connectivity index (χ2n) is 6.45. The van der Waals surface area contributed by atoms with Crippen LogP contribution < -0.4 is 0 Å². The number of halogens is 2. The zero-order valence-electron chi connectivity index (χ0n) is 14.5. The highest BCUT2D eigenvalue weighted by Crippen LogP contribution is 2.32. The van der Waals surface area contributed by atoms with E-state index >= 15 is 0 Å². The van der Waals surface area contributed by atoms with Crippen molar-refractivity contribution in [3.63, 3.8) is 0 Å². The second-order valence-corrected chi connectivity index (χ2v) is 6.86. The van der Waals surface area contributed by atoms with Crippen molar-refractivity contribution in [3.05, 3.63) is 77.0 Å². The van der Waals surface area contributed by atoms with Gasteiger partial charge in [-0.2, -0.15) is 4.98 Å². The minimum atomic E-state index is -0.537. The van der Waals surface area contributed by atoms with E-state index in [4.69, 9.17) is 20.9 Å². The molecule has 0 saturated carbocycles. The molecule has 1 aliphatic heterocycles. The molecule has 0 bridgehead atoms. The van der Waals surface area contributed by atoms with Crippen molar-refractivity contribution in [3.8, 4) is 23.0 Å². The molecule has 0 aliphatic carbocycles. The highest BCUT2D eigenvalue weighted by atomic mass is 35.5. The number of benzene rings is 2. The predicted molar refractivity (Wildman–Crippen MR) is 99.9 cm³/mol. The molecule has 0 spiro atoms. The van der Waals surface area contributed by atoms with Gasteiger partial charge < -0.3 is 13.8 Å². The van der Waals surface area contributed by atoms with Crippen LogP contribution in [-0.2, 0) is 17.9 Å². The van der Waals surface area contributed by atoms with E-state index in [-0.39, 0.29) is 22.8 Å². The maximum absolute atomic E-state index is 13.7. The van der Waals surface area contributed by atoms with Gasteiger partial charge in [-0.1, -0.05) is 47.1 Å². The van der Waals surface area contributed by atoms with Gasteiger partial charge in [0.15, 0.2) is 5.69 Å². The third-order valence-corrected chi connectivity index (χ3v) is 5.01. The first-order valence-corrected chi connectivity index (χ1v) is 9.07. The molecule has 0 fully saturated rings. The van der Waals surface area contributed by atoms with E-state index < -0.39 is 5.82 Å². The Morgan fingerprint density at radius 2 is 2.00 bits per heavy atom. The number of nitrogens with zero attached hydrogens (tertiary/aromatic N) is 4. The molecule has 2 aromatic heterocycles. The van der Waals surface area contributed by atoms with Crippen LogP contribution >= 0.6 is 11.6 Å². The van der Waals surface area contributed by atoms with Crippen LogP contribution in [0.4, 0.5) is 4.39 Å². The molecule has 0 saturated heterocycles. The molecule has 0 N–H and O–H groups in total. The van der Waals surface area contributed by atoms with Gasteiger partial charge in [0.25, 0.3) is 5.89 Å². The van der Waals surface area contributed by atoms with Crippen molar-refractivity contribution in [2.75, 3.05) is 0 Å². The summed E-state index contributed by atoms with van der Waals surface area (Å²) in [5, 5.41) is 3.98. The summed E-state index contributed by atoms with van der Waals surface area (Å²) in [4.78, 5) is 8.79. The zero-order chi connectivity index (χ0) is 19.1. The Kier molecular flexibility index (Phi) is 4.18. The van der Waals surface area contributed by atoms with E-state index in [1.165, 1.54) is 12.1 Å². The maximum Gasteiger partial charge on any atom is 0.278 e. The minimum absolute atomic E-state index is 0.0361. The zero-order valence-corrected chi connectivity index (χ0v) is 15.3. The molecular weight excluding hydrogens is 383 g/mol. The van der Waals surface area contributed by atoms with Crippen molar-refractivity contribution in [2.24, 2.45) is 0 Å². The Hall–Kier alpha value is -3.03. The topological polar surface area (TPSA) is 66.0 Å². The first-order valence-electron chi connectivity index (χ1n) is 8.69. The summed E-state index contributed by atoms with van der Waals surface area (Å²) in [5.41, 5.74) is 3.03. The van der Waals surface area contributed by atoms with Gasteiger partial charge >= 0.3 is 0 Å². The Labute approximate surface area is 164 Å². The fraction of sp³-hybridized carbons (Fsp3) is 0.150. The summed E-state index contributed by atoms with van der Waals surface area (Å²) >= 11 is 5.72. The first-order chi connectivity index (χ1) is 13.7. The molecule has 6 nitrogen and oxygen atoms in total. The molecule has 8 heteroatoms. The molecule has 5 rings (SSSR count). The molecule has 28 heavy (non-hydrogen) atoms. The molecule has 1 atom stereocenters. The molecular formula is C20H14ClFN4O2. The Morgan fingerprint density at radius 3 is 2.82 bits per heavy atom. The van der Waals surface area contributed by atoms with Crippen LogP contribution in [0.1, 0.15) is 17.4 Å². The molecule has 0 amide bonds. The highest BCUT2D eigenvalue weighted by molar-refractivity contribution is 6.30. The summed E-state index contributed by atoms with van der Waals surface area (Å²) < 4.78 is 27.1. The van der Waals surface area contributed by atoms with E-state index in [0.717, 1.165) is 11.3 Å². The molecule has 1 aliphatic rings. The average molecular weight is 397 g/mol. The van der Waals surface area contributed by atoms with Crippen LogP contribution in [-0.4, -0.2) is 19.7 Å². The summed E-state index contributed by atoms with van der Waals surface area (Å²) in [6.07, 6.45) is 1.71. The van der Waals surface area contributed by atoms with Gasteiger partial charge in [-0.15, -0.1) is 0 Å². The van der Waals surface area contributed by atoms with Crippen LogP contribution in [0.2, 0.25) is 5.02 Å². The average Bonchev–Trinajstić information content (AvgIpc) is 3.37. The summed E-state index contributed by atoms with van der Waals surface area (Å²) in [6.45, 7) is 1.03. The van der Waals surface area contributed by atoms with Crippen LogP contribution in [0.15, 0.2) is 59.4 Å². The lowest BCUT2D eigenvalue weighted by Crippen LogP contribution is -2.20. The smallest absolute Gasteiger partial charge is 0.278 e. The SMILES string of the molecule is Fc1cc(-c2noc(-c3ncn4c3CO[C@H](c3ccccc3)C4)n2)ccc1Cl. The van der Waals surface area contributed by atoms with Gasteiger partial charge in [0.2, 0.25) is 5.82 Å². The van der Waals surface area contributed by atoms with Crippen molar-refractivity contribution in [1.82, 2.24) is 19.7 Å². The van der Waals surface area contributed by atoms with E-state index in [9.17, 15) is 4.39 Å². The summed E-state index contributed by atoms with van der Waals surface area (Å²) in [6, 6.07) is 14.4. The highest BCUT2D eigenvalue weighted by Gasteiger charge is 2.26. The van der Waals surface area contributed by atoms with Gasteiger partial charge in [0, 0.05) is 5.56 Å². The lowest BCUT2D eigenvalue weighted by molar-refractivity contribution is 0.00330. The van der Waals surface area contributed by atoms with E-state index in [2.05, 4.69) is 15.1 Å². The van der Waals surface area contributed by atoms with Crippen molar-refractivity contribution >= 4 is 11.6 Å². The molecule has 0 unspecified atom stereocenters. The van der Waals surface area contributed by atoms with Gasteiger partial charge in [-0.25, -0.2) is 9.37 Å². The minimum Gasteiger partial charge on any atom is -0.365 e. The molecule has 140 valence electrons. The molecule has 4 aromatic rings. The number of ether oxygens (including phenoxy) is 1. The predicted octanol–water partition coefficient (Wildman–Crippen LogP) is 4.66. The van der Waals surface area contributed by atoms with Gasteiger partial charge in [0.1, 0.15) is 11.9 Å². The lowest BCUT2D eigenvalue weighted by atomic mass is 10.1. The third-order valence-electron chi connectivity index (χ3n) is 4.71. The number of fused-ring (bicyclic) bond motifs is 1. The fourth-order valence-electron chi connectivity index (χ4n) is 3.25. The Balaban J connectivity index is 1.43. The summed E-state index contributed by atoms with van der Waals surface area (Å²) in [5.74, 6) is -0.00248. The largest absolute Gasteiger partial charge is 0.365 e. The first kappa shape index (κ1) is 17.1. The van der Waals surface area contributed by atoms with Crippen LogP contribution in [0, 0.1) is 5.82 Å². The monoisotopic (exact) mass is 396 g/mol. The van der Waals surface area contributed by atoms with Crippen molar-refractivity contribution in [1.29, 1.82) is 0 Å². The fourth-order valence-corrected chi connectivity index (χ4v) is 3.36. The third kappa shape index (κ3) is 2.98. The normalized spacial score (nSPS) is 16.1. The quantitative estimate of drug-likeness (QED) is 0.503. The second kappa shape index (κ2) is 6.85. The van der Waals surface area contributed by atoms with E-state index in [1.54, 1.807) is 12.4 Å². The number of hydrogen-bond acceptors (Lipinski definition) is 5. The molecule has 3 heterocycles. The van der Waals surface area contributed by atoms with Crippen molar-refractivity contribution < 1.29 is 13.7 Å². The molecule has 2 aromatic carbocycles. The molecule has 0 radical (unpaired) electrons. The maximum atomic E-state index is 13.7. The van der Waals surface area contributed by atoms with E-state index in [1.807, 2.05) is 34.9 Å². The van der Waals surface area contributed by atoms with Gasteiger partial charge in [-0.05, 0) is 23.8 Å². The number of aromatic nitrogens is 4. The van der Waals surface area contributed by atoms with Crippen LogP contribution in [0.5, 0.6) is 0 Å². The van der Waals surface area contributed by atoms with Gasteiger partial charge in [-0.3, -0.25) is 0 Å². The number of imidazole rings is 1. The Morgan fingerprint density at radius 1 is 1.14 bits per heavy atom. The van der Waals surface area contributed by atoms with Crippen LogP contribution in [0.3, 0.4) is 0 Å². The lowest BCUT2D eigenvalue weighted by Gasteiger charge is -2.25. The number of rotatable bonds is 3. The van der Waals surface area contributed by atoms with Gasteiger partial charge in [0.05, 0.1) is 30.2 Å². The summed E-state index contributed by atoms with van der Waals surface area (Å²) in [7, 11) is 0. The van der Waals surface area contributed by atoms with Crippen molar-refractivity contribution in [2.45, 2.75) is 19.3 Å². The standard InChI is InChI=1S/C20H14ClFN4O2/c21-14-7-6-13(8-15(14)22)19-24-20(28-25-19)18-16-10-27-17(9-26(16)11-23-18)12-4-2-1-3-5-12/h1-8,11,17H,9-10H2/t17-/m0/s1. The van der Waals surface area contributed by atoms with Crippen LogP contribution in [0.25, 0.3) is 23.0 Å². The Bertz CT molecular complexity index is 1140. The van der Waals surface area contributed by atoms with E-state index in [0.29, 0.717) is 24.4 Å².